The molecule has 0 aromatic heterocycles. The number of rotatable bonds is 2. The summed E-state index contributed by atoms with van der Waals surface area (Å²) in [5.74, 6) is 0. The van der Waals surface area contributed by atoms with Crippen LogP contribution in [0.1, 0.15) is 74.9 Å². The molecule has 0 N–H and O–H groups in total. The number of halogens is 2. The molecule has 0 atom stereocenters. The molecule has 0 saturated carbocycles. The molecule has 0 nitrogen and oxygen atoms in total. The standard InChI is InChI=1S/2C21H23.C2H6Si.2ClH.Zr/c2*1-14-8-6-7-9-18(14)20-15(2)10-11-16-12-17(13-19(16)20)21(3,4)5;1-3-2;;;/h2*6-13H,1-5H3;1-2H3;2*1H;/q2*-1;;;;+4/p-2. The Kier molecular flexibility index (Phi) is 14.8. The molecule has 6 rings (SSSR count). The van der Waals surface area contributed by atoms with Gasteiger partial charge < -0.3 is 0 Å². The van der Waals surface area contributed by atoms with Gasteiger partial charge in [0.15, 0.2) is 0 Å². The third-order valence-corrected chi connectivity index (χ3v) is 8.76. The first-order chi connectivity index (χ1) is 22.6. The SMILES string of the molecule is C[Si]C.Cc1ccccc1-c1c(C)ccc2[cH-]c(C(C)(C)C)cc12.Cc1ccccc1-c1c(C)ccc2[cH-]c(C(C)(C)C)cc12.[Cl][Zr+2][Cl]. The van der Waals surface area contributed by atoms with E-state index in [1.54, 1.807) is 0 Å². The second-order valence-electron chi connectivity index (χ2n) is 14.7. The average molecular weight is 771 g/mol. The van der Waals surface area contributed by atoms with Gasteiger partial charge in [-0.25, -0.2) is 0 Å². The first-order valence-electron chi connectivity index (χ1n) is 16.7. The molecule has 48 heavy (non-hydrogen) atoms. The van der Waals surface area contributed by atoms with Crippen LogP contribution in [-0.2, 0) is 31.7 Å². The van der Waals surface area contributed by atoms with Gasteiger partial charge in [-0.15, -0.1) is 69.1 Å². The van der Waals surface area contributed by atoms with Crippen molar-refractivity contribution >= 4 is 48.1 Å². The van der Waals surface area contributed by atoms with Crippen LogP contribution >= 0.6 is 17.0 Å². The van der Waals surface area contributed by atoms with Crippen LogP contribution in [0, 0.1) is 27.7 Å². The maximum atomic E-state index is 4.93. The van der Waals surface area contributed by atoms with Crippen LogP contribution in [0.5, 0.6) is 0 Å². The van der Waals surface area contributed by atoms with E-state index in [0.29, 0.717) is 0 Å². The van der Waals surface area contributed by atoms with Gasteiger partial charge in [-0.05, 0) is 60.8 Å². The Hall–Kier alpha value is -2.22. The Morgan fingerprint density at radius 1 is 0.521 bits per heavy atom. The molecule has 250 valence electrons. The van der Waals surface area contributed by atoms with Crippen molar-refractivity contribution in [3.63, 3.8) is 0 Å². The van der Waals surface area contributed by atoms with Crippen molar-refractivity contribution < 1.29 is 20.8 Å². The minimum absolute atomic E-state index is 0.190. The van der Waals surface area contributed by atoms with Gasteiger partial charge in [-0.2, -0.15) is 12.1 Å². The summed E-state index contributed by atoms with van der Waals surface area (Å²) in [7, 11) is 11.0. The molecule has 0 saturated heterocycles. The van der Waals surface area contributed by atoms with Crippen LogP contribution in [-0.4, -0.2) is 9.52 Å². The van der Waals surface area contributed by atoms with Crippen LogP contribution in [0.3, 0.4) is 0 Å². The summed E-state index contributed by atoms with van der Waals surface area (Å²) in [6, 6.07) is 35.8. The number of aryl methyl sites for hydroxylation is 4. The van der Waals surface area contributed by atoms with Crippen LogP contribution in [0.15, 0.2) is 97.1 Å². The zero-order chi connectivity index (χ0) is 35.8. The quantitative estimate of drug-likeness (QED) is 0.122. The molecular weight excluding hydrogens is 719 g/mol. The van der Waals surface area contributed by atoms with Crippen LogP contribution in [0.2, 0.25) is 13.1 Å². The molecule has 0 aliphatic carbocycles. The Bertz CT molecular complexity index is 1790. The fourth-order valence-corrected chi connectivity index (χ4v) is 6.07. The van der Waals surface area contributed by atoms with Crippen molar-refractivity contribution in [1.82, 2.24) is 0 Å². The summed E-state index contributed by atoms with van der Waals surface area (Å²) >= 11 is -0.826. The van der Waals surface area contributed by atoms with E-state index in [4.69, 9.17) is 17.0 Å². The van der Waals surface area contributed by atoms with E-state index in [0.717, 1.165) is 9.52 Å². The van der Waals surface area contributed by atoms with Gasteiger partial charge in [-0.1, -0.05) is 125 Å². The molecular formula is C44H52Cl2SiZr. The molecule has 2 radical (unpaired) electrons. The van der Waals surface area contributed by atoms with Crippen molar-refractivity contribution in [1.29, 1.82) is 0 Å². The van der Waals surface area contributed by atoms with Gasteiger partial charge in [0.25, 0.3) is 0 Å². The summed E-state index contributed by atoms with van der Waals surface area (Å²) in [4.78, 5) is 0. The zero-order valence-corrected chi connectivity index (χ0v) is 36.0. The molecule has 0 spiro atoms. The maximum absolute atomic E-state index is 4.93. The molecule has 0 aliphatic heterocycles. The molecule has 6 aromatic rings. The summed E-state index contributed by atoms with van der Waals surface area (Å²) in [6.45, 7) is 26.8. The van der Waals surface area contributed by atoms with Crippen molar-refractivity contribution in [2.75, 3.05) is 0 Å². The van der Waals surface area contributed by atoms with Gasteiger partial charge in [0, 0.05) is 9.52 Å². The van der Waals surface area contributed by atoms with E-state index >= 15 is 0 Å². The Balaban J connectivity index is 0.000000224. The molecule has 0 fully saturated rings. The summed E-state index contributed by atoms with van der Waals surface area (Å²) < 4.78 is 0. The van der Waals surface area contributed by atoms with E-state index in [1.807, 2.05) is 0 Å². The molecule has 0 bridgehead atoms. The predicted molar refractivity (Wildman–Crippen MR) is 215 cm³/mol. The zero-order valence-electron chi connectivity index (χ0n) is 31.0. The molecule has 0 heterocycles. The predicted octanol–water partition coefficient (Wildman–Crippen LogP) is 14.4. The minimum atomic E-state index is -0.826. The number of fused-ring (bicyclic) bond motifs is 2. The Morgan fingerprint density at radius 2 is 0.833 bits per heavy atom. The summed E-state index contributed by atoms with van der Waals surface area (Å²) in [5, 5.41) is 5.47. The first-order valence-corrected chi connectivity index (χ1v) is 25.0. The van der Waals surface area contributed by atoms with Gasteiger partial charge in [-0.3, -0.25) is 0 Å². The van der Waals surface area contributed by atoms with Crippen molar-refractivity contribution in [2.45, 2.75) is 93.2 Å². The van der Waals surface area contributed by atoms with Gasteiger partial charge in [0.2, 0.25) is 0 Å². The van der Waals surface area contributed by atoms with Gasteiger partial charge in [0.05, 0.1) is 0 Å². The Morgan fingerprint density at radius 3 is 1.12 bits per heavy atom. The molecule has 0 unspecified atom stereocenters. The van der Waals surface area contributed by atoms with Crippen molar-refractivity contribution in [3.8, 4) is 22.3 Å². The molecule has 0 aliphatic rings. The first kappa shape index (κ1) is 40.2. The summed E-state index contributed by atoms with van der Waals surface area (Å²) in [6.07, 6.45) is 0. The van der Waals surface area contributed by atoms with Crippen molar-refractivity contribution in [2.24, 2.45) is 0 Å². The monoisotopic (exact) mass is 768 g/mol. The average Bonchev–Trinajstić information content (AvgIpc) is 3.65. The number of hydrogen-bond acceptors (Lipinski definition) is 0. The molecule has 6 aromatic carbocycles. The van der Waals surface area contributed by atoms with Crippen LogP contribution < -0.4 is 0 Å². The normalized spacial score (nSPS) is 11.1. The second kappa shape index (κ2) is 17.6. The molecule has 4 heteroatoms. The van der Waals surface area contributed by atoms with Crippen LogP contribution in [0.25, 0.3) is 43.8 Å². The van der Waals surface area contributed by atoms with Gasteiger partial charge in [0.1, 0.15) is 0 Å². The van der Waals surface area contributed by atoms with E-state index in [2.05, 4.69) is 179 Å². The van der Waals surface area contributed by atoms with E-state index in [-0.39, 0.29) is 10.8 Å². The topological polar surface area (TPSA) is 0 Å². The number of hydrogen-bond donors (Lipinski definition) is 0. The van der Waals surface area contributed by atoms with E-state index in [9.17, 15) is 0 Å². The van der Waals surface area contributed by atoms with E-state index in [1.165, 1.54) is 77.2 Å². The van der Waals surface area contributed by atoms with E-state index < -0.39 is 20.8 Å². The molecule has 0 amide bonds. The number of benzene rings is 4. The summed E-state index contributed by atoms with van der Waals surface area (Å²) in [5.41, 5.74) is 14.1. The van der Waals surface area contributed by atoms with Gasteiger partial charge >= 0.3 is 37.9 Å². The fourth-order valence-electron chi connectivity index (χ4n) is 6.07. The Labute approximate surface area is 312 Å². The third kappa shape index (κ3) is 9.94. The third-order valence-electron chi connectivity index (χ3n) is 8.76. The van der Waals surface area contributed by atoms with Crippen molar-refractivity contribution in [3.05, 3.63) is 130 Å². The fraction of sp³-hybridized carbons (Fsp3) is 0.318. The second-order valence-corrected chi connectivity index (χ2v) is 19.4. The van der Waals surface area contributed by atoms with Crippen LogP contribution in [0.4, 0.5) is 0 Å².